The van der Waals surface area contributed by atoms with Crippen LogP contribution in [0.1, 0.15) is 60.8 Å². The summed E-state index contributed by atoms with van der Waals surface area (Å²) in [5.74, 6) is 1.82. The monoisotopic (exact) mass is 372 g/mol. The van der Waals surface area contributed by atoms with Crippen LogP contribution in [0.3, 0.4) is 0 Å². The smallest absolute Gasteiger partial charge is 0.224 e. The lowest BCUT2D eigenvalue weighted by atomic mass is 9.95. The standard InChI is InChI=1S/C21H32N4O2/c1-14-21(16(3)26)15(2)25(22-14)9-8-20(27)24-12-18-6-7-19(13-24)23(11-18)10-17-4-5-17/h17-19H,4-13H2,1-3H3/t18-,19-/m0/s1. The van der Waals surface area contributed by atoms with E-state index in [-0.39, 0.29) is 11.7 Å². The van der Waals surface area contributed by atoms with Gasteiger partial charge in [0.2, 0.25) is 5.91 Å². The van der Waals surface area contributed by atoms with Gasteiger partial charge in [0, 0.05) is 50.9 Å². The summed E-state index contributed by atoms with van der Waals surface area (Å²) in [4.78, 5) is 29.5. The highest BCUT2D eigenvalue weighted by molar-refractivity contribution is 5.96. The maximum Gasteiger partial charge on any atom is 0.224 e. The Labute approximate surface area is 161 Å². The van der Waals surface area contributed by atoms with Crippen molar-refractivity contribution in [2.45, 2.75) is 65.5 Å². The molecule has 27 heavy (non-hydrogen) atoms. The van der Waals surface area contributed by atoms with Crippen molar-refractivity contribution >= 4 is 11.7 Å². The molecule has 1 saturated carbocycles. The highest BCUT2D eigenvalue weighted by atomic mass is 16.2. The third-order valence-electron chi connectivity index (χ3n) is 6.64. The Morgan fingerprint density at radius 1 is 1.07 bits per heavy atom. The van der Waals surface area contributed by atoms with Crippen molar-refractivity contribution in [2.75, 3.05) is 26.2 Å². The molecule has 1 aliphatic carbocycles. The number of aromatic nitrogens is 2. The van der Waals surface area contributed by atoms with Crippen molar-refractivity contribution in [3.8, 4) is 0 Å². The summed E-state index contributed by atoms with van der Waals surface area (Å²) in [5, 5.41) is 4.48. The number of nitrogens with zero attached hydrogens (tertiary/aromatic N) is 4. The predicted molar refractivity (Wildman–Crippen MR) is 104 cm³/mol. The highest BCUT2D eigenvalue weighted by Crippen LogP contribution is 2.35. The lowest BCUT2D eigenvalue weighted by Gasteiger charge is -2.36. The summed E-state index contributed by atoms with van der Waals surface area (Å²) >= 11 is 0. The molecule has 4 aliphatic rings. The Bertz CT molecular complexity index is 737. The summed E-state index contributed by atoms with van der Waals surface area (Å²) in [6.07, 6.45) is 5.74. The van der Waals surface area contributed by atoms with Gasteiger partial charge in [0.05, 0.1) is 11.3 Å². The van der Waals surface area contributed by atoms with Gasteiger partial charge < -0.3 is 4.90 Å². The summed E-state index contributed by atoms with van der Waals surface area (Å²) in [6.45, 7) is 10.1. The molecule has 4 fully saturated rings. The second-order valence-corrected chi connectivity index (χ2v) is 8.87. The van der Waals surface area contributed by atoms with Crippen LogP contribution in [0.4, 0.5) is 0 Å². The molecule has 2 atom stereocenters. The first kappa shape index (κ1) is 18.7. The maximum atomic E-state index is 12.9. The van der Waals surface area contributed by atoms with E-state index in [9.17, 15) is 9.59 Å². The van der Waals surface area contributed by atoms with Gasteiger partial charge in [-0.15, -0.1) is 0 Å². The summed E-state index contributed by atoms with van der Waals surface area (Å²) in [7, 11) is 0. The number of hydrogen-bond acceptors (Lipinski definition) is 4. The van der Waals surface area contributed by atoms with Crippen LogP contribution in [0.15, 0.2) is 0 Å². The SMILES string of the molecule is CC(=O)c1c(C)nn(CCC(=O)N2C[C@H]3CC[C@@H](C2)N(CC2CC2)C3)c1C. The van der Waals surface area contributed by atoms with Crippen LogP contribution in [0, 0.1) is 25.7 Å². The molecule has 1 amide bonds. The largest absolute Gasteiger partial charge is 0.341 e. The minimum Gasteiger partial charge on any atom is -0.341 e. The molecule has 0 N–H and O–H groups in total. The molecule has 5 rings (SSSR count). The lowest BCUT2D eigenvalue weighted by molar-refractivity contribution is -0.131. The van der Waals surface area contributed by atoms with Gasteiger partial charge in [-0.05, 0) is 58.3 Å². The molecule has 0 aromatic carbocycles. The molecule has 2 bridgehead atoms. The average molecular weight is 373 g/mol. The number of hydrogen-bond donors (Lipinski definition) is 0. The van der Waals surface area contributed by atoms with Crippen molar-refractivity contribution < 1.29 is 9.59 Å². The molecule has 6 nitrogen and oxygen atoms in total. The summed E-state index contributed by atoms with van der Waals surface area (Å²) in [6, 6.07) is 0.547. The molecule has 3 saturated heterocycles. The number of piperidine rings is 1. The number of fused-ring (bicyclic) bond motifs is 4. The van der Waals surface area contributed by atoms with Crippen molar-refractivity contribution in [1.82, 2.24) is 19.6 Å². The number of ketones is 1. The van der Waals surface area contributed by atoms with E-state index in [0.29, 0.717) is 30.5 Å². The van der Waals surface area contributed by atoms with Gasteiger partial charge in [-0.2, -0.15) is 5.10 Å². The second kappa shape index (κ2) is 7.38. The quantitative estimate of drug-likeness (QED) is 0.720. The topological polar surface area (TPSA) is 58.4 Å². The minimum absolute atomic E-state index is 0.0439. The fraction of sp³-hybridized carbons (Fsp3) is 0.762. The second-order valence-electron chi connectivity index (χ2n) is 8.87. The zero-order chi connectivity index (χ0) is 19.1. The third kappa shape index (κ3) is 3.96. The Balaban J connectivity index is 1.37. The molecule has 148 valence electrons. The Hall–Kier alpha value is -1.69. The number of amides is 1. The minimum atomic E-state index is 0.0439. The molecule has 1 aromatic heterocycles. The molecule has 0 radical (unpaired) electrons. The Morgan fingerprint density at radius 3 is 2.52 bits per heavy atom. The lowest BCUT2D eigenvalue weighted by Crippen LogP contribution is -2.45. The van der Waals surface area contributed by atoms with Crippen LogP contribution in [0.2, 0.25) is 0 Å². The molecule has 3 aliphatic heterocycles. The first-order chi connectivity index (χ1) is 12.9. The van der Waals surface area contributed by atoms with E-state index in [2.05, 4.69) is 14.9 Å². The fourth-order valence-corrected chi connectivity index (χ4v) is 5.02. The molecule has 1 aromatic rings. The molecule has 0 unspecified atom stereocenters. The maximum absolute atomic E-state index is 12.9. The van der Waals surface area contributed by atoms with Gasteiger partial charge in [0.25, 0.3) is 0 Å². The summed E-state index contributed by atoms with van der Waals surface area (Å²) < 4.78 is 1.83. The van der Waals surface area contributed by atoms with Crippen molar-refractivity contribution in [1.29, 1.82) is 0 Å². The van der Waals surface area contributed by atoms with Crippen LogP contribution in [0.25, 0.3) is 0 Å². The number of aryl methyl sites for hydroxylation is 2. The van der Waals surface area contributed by atoms with Crippen LogP contribution in [-0.2, 0) is 11.3 Å². The Morgan fingerprint density at radius 2 is 1.85 bits per heavy atom. The van der Waals surface area contributed by atoms with Gasteiger partial charge in [0.15, 0.2) is 5.78 Å². The highest BCUT2D eigenvalue weighted by Gasteiger charge is 2.38. The van der Waals surface area contributed by atoms with Gasteiger partial charge in [0.1, 0.15) is 0 Å². The first-order valence-electron chi connectivity index (χ1n) is 10.5. The average Bonchev–Trinajstić information content (AvgIpc) is 3.42. The number of carbonyl (C=O) groups excluding carboxylic acids is 2. The van der Waals surface area contributed by atoms with Crippen molar-refractivity contribution in [2.24, 2.45) is 11.8 Å². The van der Waals surface area contributed by atoms with E-state index in [0.717, 1.165) is 30.4 Å². The number of rotatable bonds is 6. The zero-order valence-corrected chi connectivity index (χ0v) is 16.9. The van der Waals surface area contributed by atoms with Gasteiger partial charge in [-0.1, -0.05) is 0 Å². The predicted octanol–water partition coefficient (Wildman–Crippen LogP) is 2.43. The number of carbonyl (C=O) groups is 2. The van der Waals surface area contributed by atoms with E-state index in [1.165, 1.54) is 38.8 Å². The normalized spacial score (nSPS) is 25.7. The molecule has 0 spiro atoms. The van der Waals surface area contributed by atoms with E-state index < -0.39 is 0 Å². The molecule has 6 heteroatoms. The molecular formula is C21H32N4O2. The first-order valence-corrected chi connectivity index (χ1v) is 10.5. The van der Waals surface area contributed by atoms with E-state index in [1.807, 2.05) is 18.5 Å². The van der Waals surface area contributed by atoms with Crippen LogP contribution in [-0.4, -0.2) is 63.5 Å². The zero-order valence-electron chi connectivity index (χ0n) is 16.9. The van der Waals surface area contributed by atoms with Gasteiger partial charge >= 0.3 is 0 Å². The van der Waals surface area contributed by atoms with Crippen LogP contribution >= 0.6 is 0 Å². The van der Waals surface area contributed by atoms with Gasteiger partial charge in [-0.25, -0.2) is 0 Å². The van der Waals surface area contributed by atoms with Crippen LogP contribution < -0.4 is 0 Å². The Kier molecular flexibility index (Phi) is 5.10. The third-order valence-corrected chi connectivity index (χ3v) is 6.64. The molecule has 4 heterocycles. The molecular weight excluding hydrogens is 340 g/mol. The fourth-order valence-electron chi connectivity index (χ4n) is 5.02. The van der Waals surface area contributed by atoms with Crippen molar-refractivity contribution in [3.63, 3.8) is 0 Å². The van der Waals surface area contributed by atoms with Gasteiger partial charge in [-0.3, -0.25) is 19.2 Å². The van der Waals surface area contributed by atoms with E-state index >= 15 is 0 Å². The summed E-state index contributed by atoms with van der Waals surface area (Å²) in [5.41, 5.74) is 2.33. The van der Waals surface area contributed by atoms with Crippen molar-refractivity contribution in [3.05, 3.63) is 17.0 Å². The van der Waals surface area contributed by atoms with Crippen LogP contribution in [0.5, 0.6) is 0 Å². The van der Waals surface area contributed by atoms with E-state index in [1.54, 1.807) is 6.92 Å². The number of Topliss-reactive ketones (excluding diaryl/α,β-unsaturated/α-hetero) is 1. The van der Waals surface area contributed by atoms with E-state index in [4.69, 9.17) is 0 Å².